The highest BCUT2D eigenvalue weighted by Gasteiger charge is 2.02. The van der Waals surface area contributed by atoms with E-state index in [0.29, 0.717) is 0 Å². The highest BCUT2D eigenvalue weighted by atomic mass is 127. The highest BCUT2D eigenvalue weighted by Crippen LogP contribution is 2.22. The highest BCUT2D eigenvalue weighted by molar-refractivity contribution is 14.1. The third-order valence-electron chi connectivity index (χ3n) is 1.45. The second-order valence-electron chi connectivity index (χ2n) is 2.13. The molecule has 0 aliphatic carbocycles. The van der Waals surface area contributed by atoms with Gasteiger partial charge in [0.2, 0.25) is 0 Å². The average Bonchev–Trinajstić information content (AvgIpc) is 1.93. The van der Waals surface area contributed by atoms with E-state index >= 15 is 0 Å². The van der Waals surface area contributed by atoms with Crippen LogP contribution < -0.4 is 0 Å². The van der Waals surface area contributed by atoms with Gasteiger partial charge in [0.05, 0.1) is 8.59 Å². The van der Waals surface area contributed by atoms with Crippen molar-refractivity contribution < 1.29 is 0 Å². The minimum absolute atomic E-state index is 0.827. The predicted octanol–water partition coefficient (Wildman–Crippen LogP) is 2.96. The van der Waals surface area contributed by atoms with Crippen molar-refractivity contribution in [3.05, 3.63) is 26.0 Å². The summed E-state index contributed by atoms with van der Waals surface area (Å²) in [5, 5.41) is 0.827. The number of hydrogen-bond acceptors (Lipinski definition) is 1. The van der Waals surface area contributed by atoms with E-state index in [0.717, 1.165) is 19.9 Å². The first-order chi connectivity index (χ1) is 4.63. The molecule has 0 aromatic carbocycles. The topological polar surface area (TPSA) is 12.9 Å². The van der Waals surface area contributed by atoms with Crippen LogP contribution in [0.3, 0.4) is 0 Å². The van der Waals surface area contributed by atoms with Gasteiger partial charge in [-0.15, -0.1) is 0 Å². The molecule has 1 rings (SSSR count). The van der Waals surface area contributed by atoms with Crippen molar-refractivity contribution in [1.29, 1.82) is 0 Å². The number of pyridine rings is 1. The molecule has 0 N–H and O–H groups in total. The summed E-state index contributed by atoms with van der Waals surface area (Å²) in [6.45, 7) is 3.93. The maximum absolute atomic E-state index is 5.94. The first-order valence-electron chi connectivity index (χ1n) is 2.90. The van der Waals surface area contributed by atoms with Gasteiger partial charge in [0.1, 0.15) is 0 Å². The lowest BCUT2D eigenvalue weighted by atomic mass is 10.2. The van der Waals surface area contributed by atoms with Crippen molar-refractivity contribution in [2.45, 2.75) is 13.8 Å². The summed E-state index contributed by atoms with van der Waals surface area (Å²) >= 11 is 8.11. The Kier molecular flexibility index (Phi) is 2.52. The van der Waals surface area contributed by atoms with Crippen LogP contribution in [-0.2, 0) is 0 Å². The maximum Gasteiger partial charge on any atom is 0.0602 e. The molecule has 0 atom stereocenters. The van der Waals surface area contributed by atoms with Gasteiger partial charge in [0.25, 0.3) is 0 Å². The van der Waals surface area contributed by atoms with Crippen molar-refractivity contribution in [2.75, 3.05) is 0 Å². The minimum Gasteiger partial charge on any atom is -0.260 e. The molecule has 1 nitrogen and oxygen atoms in total. The van der Waals surface area contributed by atoms with E-state index in [9.17, 15) is 0 Å². The van der Waals surface area contributed by atoms with Crippen molar-refractivity contribution in [2.24, 2.45) is 0 Å². The number of nitrogens with zero attached hydrogens (tertiary/aromatic N) is 1. The van der Waals surface area contributed by atoms with Crippen LogP contribution in [0.1, 0.15) is 11.3 Å². The van der Waals surface area contributed by atoms with Crippen LogP contribution in [-0.4, -0.2) is 4.98 Å². The zero-order valence-electron chi connectivity index (χ0n) is 5.78. The zero-order valence-corrected chi connectivity index (χ0v) is 8.69. The van der Waals surface area contributed by atoms with Gasteiger partial charge < -0.3 is 0 Å². The van der Waals surface area contributed by atoms with Gasteiger partial charge >= 0.3 is 0 Å². The largest absolute Gasteiger partial charge is 0.260 e. The summed E-state index contributed by atoms with van der Waals surface area (Å²) in [6, 6.07) is 0. The summed E-state index contributed by atoms with van der Waals surface area (Å²) < 4.78 is 1.02. The lowest BCUT2D eigenvalue weighted by Gasteiger charge is -2.01. The van der Waals surface area contributed by atoms with Crippen molar-refractivity contribution >= 4 is 34.2 Å². The Morgan fingerprint density at radius 1 is 1.50 bits per heavy atom. The molecule has 0 aliphatic rings. The van der Waals surface area contributed by atoms with Gasteiger partial charge in [-0.05, 0) is 42.0 Å². The van der Waals surface area contributed by atoms with E-state index in [2.05, 4.69) is 27.6 Å². The van der Waals surface area contributed by atoms with Crippen molar-refractivity contribution in [3.63, 3.8) is 0 Å². The van der Waals surface area contributed by atoms with Crippen LogP contribution in [0.4, 0.5) is 0 Å². The van der Waals surface area contributed by atoms with Crippen LogP contribution in [0.2, 0.25) is 5.02 Å². The molecular formula is C7H7ClIN. The lowest BCUT2D eigenvalue weighted by molar-refractivity contribution is 1.14. The Balaban J connectivity index is 3.34. The van der Waals surface area contributed by atoms with Gasteiger partial charge in [-0.3, -0.25) is 4.98 Å². The monoisotopic (exact) mass is 267 g/mol. The number of aromatic nitrogens is 1. The van der Waals surface area contributed by atoms with Crippen LogP contribution in [0.5, 0.6) is 0 Å². The smallest absolute Gasteiger partial charge is 0.0602 e. The second kappa shape index (κ2) is 3.05. The molecule has 10 heavy (non-hydrogen) atoms. The van der Waals surface area contributed by atoms with E-state index in [1.54, 1.807) is 6.20 Å². The molecule has 0 aliphatic heterocycles. The summed E-state index contributed by atoms with van der Waals surface area (Å²) in [5.74, 6) is 0. The fourth-order valence-corrected chi connectivity index (χ4v) is 1.37. The zero-order chi connectivity index (χ0) is 7.72. The molecule has 0 unspecified atom stereocenters. The van der Waals surface area contributed by atoms with Gasteiger partial charge in [0.15, 0.2) is 0 Å². The summed E-state index contributed by atoms with van der Waals surface area (Å²) in [7, 11) is 0. The lowest BCUT2D eigenvalue weighted by Crippen LogP contribution is -1.89. The van der Waals surface area contributed by atoms with Crippen LogP contribution in [0.25, 0.3) is 0 Å². The first-order valence-corrected chi connectivity index (χ1v) is 4.36. The number of halogens is 2. The standard InChI is InChI=1S/C7H7ClIN/c1-4-5(2)10-3-6(9)7(4)8/h3H,1-2H3. The van der Waals surface area contributed by atoms with E-state index in [4.69, 9.17) is 11.6 Å². The molecule has 0 saturated heterocycles. The molecule has 3 heteroatoms. The molecule has 0 amide bonds. The van der Waals surface area contributed by atoms with Crippen LogP contribution in [0, 0.1) is 17.4 Å². The molecule has 54 valence electrons. The van der Waals surface area contributed by atoms with Crippen molar-refractivity contribution in [3.8, 4) is 0 Å². The van der Waals surface area contributed by atoms with Gasteiger partial charge in [0, 0.05) is 11.9 Å². The summed E-state index contributed by atoms with van der Waals surface area (Å²) in [5.41, 5.74) is 2.08. The van der Waals surface area contributed by atoms with Crippen molar-refractivity contribution in [1.82, 2.24) is 4.98 Å². The molecule has 0 saturated carbocycles. The molecule has 0 spiro atoms. The Bertz CT molecular complexity index is 233. The molecule has 0 fully saturated rings. The molecular weight excluding hydrogens is 260 g/mol. The Morgan fingerprint density at radius 2 is 2.10 bits per heavy atom. The Labute approximate surface area is 78.9 Å². The number of hydrogen-bond donors (Lipinski definition) is 0. The Hall–Kier alpha value is 0.170. The van der Waals surface area contributed by atoms with Crippen LogP contribution >= 0.6 is 34.2 Å². The second-order valence-corrected chi connectivity index (χ2v) is 3.67. The van der Waals surface area contributed by atoms with E-state index in [1.165, 1.54) is 0 Å². The van der Waals surface area contributed by atoms with Gasteiger partial charge in [-0.25, -0.2) is 0 Å². The minimum atomic E-state index is 0.827. The Morgan fingerprint density at radius 3 is 2.60 bits per heavy atom. The number of rotatable bonds is 0. The summed E-state index contributed by atoms with van der Waals surface area (Å²) in [6.07, 6.45) is 1.78. The molecule has 0 radical (unpaired) electrons. The summed E-state index contributed by atoms with van der Waals surface area (Å²) in [4.78, 5) is 4.15. The SMILES string of the molecule is Cc1ncc(I)c(Cl)c1C. The fourth-order valence-electron chi connectivity index (χ4n) is 0.645. The third kappa shape index (κ3) is 1.42. The molecule has 1 aromatic heterocycles. The fraction of sp³-hybridized carbons (Fsp3) is 0.286. The third-order valence-corrected chi connectivity index (χ3v) is 3.08. The van der Waals surface area contributed by atoms with E-state index in [1.807, 2.05) is 13.8 Å². The van der Waals surface area contributed by atoms with Gasteiger partial charge in [-0.1, -0.05) is 11.6 Å². The number of aryl methyl sites for hydroxylation is 1. The molecule has 1 heterocycles. The van der Waals surface area contributed by atoms with E-state index < -0.39 is 0 Å². The van der Waals surface area contributed by atoms with Gasteiger partial charge in [-0.2, -0.15) is 0 Å². The average molecular weight is 267 g/mol. The maximum atomic E-state index is 5.94. The normalized spacial score (nSPS) is 10.0. The predicted molar refractivity (Wildman–Crippen MR) is 51.4 cm³/mol. The molecule has 1 aromatic rings. The molecule has 0 bridgehead atoms. The first kappa shape index (κ1) is 8.27. The van der Waals surface area contributed by atoms with E-state index in [-0.39, 0.29) is 0 Å². The quantitative estimate of drug-likeness (QED) is 0.659. The van der Waals surface area contributed by atoms with Crippen LogP contribution in [0.15, 0.2) is 6.20 Å².